The third-order valence-corrected chi connectivity index (χ3v) is 4.02. The zero-order valence-corrected chi connectivity index (χ0v) is 16.1. The Morgan fingerprint density at radius 1 is 1.16 bits per heavy atom. The van der Waals surface area contributed by atoms with E-state index in [-0.39, 0.29) is 18.4 Å². The van der Waals surface area contributed by atoms with E-state index in [4.69, 9.17) is 21.1 Å². The second kappa shape index (κ2) is 9.93. The second-order valence-corrected chi connectivity index (χ2v) is 5.74. The minimum atomic E-state index is -0.272. The average Bonchev–Trinajstić information content (AvgIpc) is 2.59. The smallest absolute Gasteiger partial charge is 0.246 e. The number of nitrogens with zero attached hydrogens (tertiary/aromatic N) is 2. The second-order valence-electron chi connectivity index (χ2n) is 5.33. The van der Waals surface area contributed by atoms with Crippen molar-refractivity contribution in [2.45, 2.75) is 13.8 Å². The summed E-state index contributed by atoms with van der Waals surface area (Å²) < 4.78 is 10.4. The van der Waals surface area contributed by atoms with Crippen LogP contribution in [0.1, 0.15) is 19.4 Å². The molecular weight excluding hydrogens is 344 g/mol. The van der Waals surface area contributed by atoms with Gasteiger partial charge in [-0.05, 0) is 37.6 Å². The number of rotatable bonds is 8. The zero-order chi connectivity index (χ0) is 19.0. The minimum absolute atomic E-state index is 0.0392. The first-order valence-electron chi connectivity index (χ1n) is 8.00. The molecule has 0 aliphatic carbocycles. The number of benzene rings is 1. The maximum atomic E-state index is 12.2. The van der Waals surface area contributed by atoms with Gasteiger partial charge in [-0.3, -0.25) is 9.59 Å². The highest BCUT2D eigenvalue weighted by atomic mass is 35.5. The van der Waals surface area contributed by atoms with Crippen LogP contribution < -0.4 is 9.47 Å². The highest BCUT2D eigenvalue weighted by Gasteiger charge is 2.15. The Kier molecular flexibility index (Phi) is 8.28. The summed E-state index contributed by atoms with van der Waals surface area (Å²) in [5.74, 6) is 0.566. The number of hydrogen-bond acceptors (Lipinski definition) is 4. The van der Waals surface area contributed by atoms with Gasteiger partial charge >= 0.3 is 0 Å². The van der Waals surface area contributed by atoms with Crippen molar-refractivity contribution in [1.29, 1.82) is 0 Å². The third-order valence-electron chi connectivity index (χ3n) is 3.74. The number of amides is 2. The molecule has 2 amide bonds. The molecule has 1 rings (SSSR count). The molecule has 0 saturated carbocycles. The number of ether oxygens (including phenoxy) is 2. The van der Waals surface area contributed by atoms with Gasteiger partial charge in [0.25, 0.3) is 0 Å². The van der Waals surface area contributed by atoms with E-state index in [0.29, 0.717) is 35.2 Å². The highest BCUT2D eigenvalue weighted by Crippen LogP contribution is 2.36. The van der Waals surface area contributed by atoms with Gasteiger partial charge in [0, 0.05) is 26.2 Å². The molecule has 0 fully saturated rings. The summed E-state index contributed by atoms with van der Waals surface area (Å²) >= 11 is 6.14. The molecule has 25 heavy (non-hydrogen) atoms. The summed E-state index contributed by atoms with van der Waals surface area (Å²) in [5, 5.41) is 0.388. The molecule has 0 bridgehead atoms. The van der Waals surface area contributed by atoms with Gasteiger partial charge in [-0.2, -0.15) is 0 Å². The average molecular weight is 369 g/mol. The molecule has 0 aliphatic heterocycles. The van der Waals surface area contributed by atoms with Crippen LogP contribution in [-0.4, -0.2) is 62.5 Å². The molecule has 7 heteroatoms. The van der Waals surface area contributed by atoms with Crippen LogP contribution in [0.15, 0.2) is 18.2 Å². The predicted octanol–water partition coefficient (Wildman–Crippen LogP) is 2.70. The fraction of sp³-hybridized carbons (Fsp3) is 0.444. The molecule has 0 aliphatic rings. The number of likely N-dealkylation sites (N-methyl/N-ethyl adjacent to an activating group) is 2. The molecule has 1 aromatic carbocycles. The van der Waals surface area contributed by atoms with Gasteiger partial charge in [0.05, 0.1) is 25.8 Å². The van der Waals surface area contributed by atoms with Crippen molar-refractivity contribution in [3.05, 3.63) is 28.8 Å². The van der Waals surface area contributed by atoms with Gasteiger partial charge in [0.15, 0.2) is 11.5 Å². The van der Waals surface area contributed by atoms with Crippen LogP contribution in [0.5, 0.6) is 11.5 Å². The first kappa shape index (κ1) is 20.8. The third kappa shape index (κ3) is 5.67. The minimum Gasteiger partial charge on any atom is -0.493 e. The van der Waals surface area contributed by atoms with Crippen molar-refractivity contribution < 1.29 is 19.1 Å². The van der Waals surface area contributed by atoms with Crippen molar-refractivity contribution in [1.82, 2.24) is 9.80 Å². The predicted molar refractivity (Wildman–Crippen MR) is 99.2 cm³/mol. The summed E-state index contributed by atoms with van der Waals surface area (Å²) in [4.78, 5) is 27.3. The van der Waals surface area contributed by atoms with Crippen LogP contribution in [0.2, 0.25) is 5.02 Å². The summed E-state index contributed by atoms with van der Waals surface area (Å²) in [6.07, 6.45) is 3.02. The molecule has 138 valence electrons. The molecule has 0 N–H and O–H groups in total. The Bertz CT molecular complexity index is 642. The Morgan fingerprint density at radius 2 is 1.80 bits per heavy atom. The zero-order valence-electron chi connectivity index (χ0n) is 15.3. The normalized spacial score (nSPS) is 10.6. The topological polar surface area (TPSA) is 59.1 Å². The number of carbonyl (C=O) groups is 2. The summed E-state index contributed by atoms with van der Waals surface area (Å²) in [7, 11) is 4.61. The van der Waals surface area contributed by atoms with E-state index in [1.165, 1.54) is 25.2 Å². The van der Waals surface area contributed by atoms with E-state index >= 15 is 0 Å². The standard InChI is InChI=1S/C18H25ClN2O4/c1-6-21(7-2)17(23)12-20(3)16(22)9-8-13-10-14(19)18(25-5)15(11-13)24-4/h8-11H,6-7,12H2,1-5H3/b9-8+. The molecule has 0 unspecified atom stereocenters. The number of carbonyl (C=O) groups excluding carboxylic acids is 2. The van der Waals surface area contributed by atoms with E-state index in [1.54, 1.807) is 30.2 Å². The van der Waals surface area contributed by atoms with E-state index in [1.807, 2.05) is 13.8 Å². The van der Waals surface area contributed by atoms with Crippen LogP contribution in [0.3, 0.4) is 0 Å². The molecule has 0 heterocycles. The number of methoxy groups -OCH3 is 2. The van der Waals surface area contributed by atoms with Crippen molar-refractivity contribution in [2.24, 2.45) is 0 Å². The van der Waals surface area contributed by atoms with Crippen molar-refractivity contribution in [2.75, 3.05) is 40.9 Å². The lowest BCUT2D eigenvalue weighted by molar-refractivity contribution is -0.136. The fourth-order valence-corrected chi connectivity index (χ4v) is 2.58. The summed E-state index contributed by atoms with van der Waals surface area (Å²) in [6, 6.07) is 3.39. The van der Waals surface area contributed by atoms with Crippen molar-refractivity contribution in [3.63, 3.8) is 0 Å². The Hall–Kier alpha value is -2.21. The van der Waals surface area contributed by atoms with Crippen molar-refractivity contribution in [3.8, 4) is 11.5 Å². The first-order valence-corrected chi connectivity index (χ1v) is 8.38. The van der Waals surface area contributed by atoms with Gasteiger partial charge in [-0.15, -0.1) is 0 Å². The largest absolute Gasteiger partial charge is 0.493 e. The quantitative estimate of drug-likeness (QED) is 0.662. The summed E-state index contributed by atoms with van der Waals surface area (Å²) in [6.45, 7) is 5.10. The number of hydrogen-bond donors (Lipinski definition) is 0. The van der Waals surface area contributed by atoms with E-state index in [0.717, 1.165) is 0 Å². The van der Waals surface area contributed by atoms with Crippen molar-refractivity contribution >= 4 is 29.5 Å². The maximum Gasteiger partial charge on any atom is 0.246 e. The van der Waals surface area contributed by atoms with Gasteiger partial charge in [0.1, 0.15) is 0 Å². The fourth-order valence-electron chi connectivity index (χ4n) is 2.29. The Balaban J connectivity index is 2.82. The molecule has 0 saturated heterocycles. The lowest BCUT2D eigenvalue weighted by Crippen LogP contribution is -2.40. The Morgan fingerprint density at radius 3 is 2.32 bits per heavy atom. The molecule has 6 nitrogen and oxygen atoms in total. The molecule has 0 radical (unpaired) electrons. The van der Waals surface area contributed by atoms with E-state index in [9.17, 15) is 9.59 Å². The lowest BCUT2D eigenvalue weighted by Gasteiger charge is -2.22. The van der Waals surface area contributed by atoms with Crippen LogP contribution in [-0.2, 0) is 9.59 Å². The summed E-state index contributed by atoms with van der Waals surface area (Å²) in [5.41, 5.74) is 0.694. The first-order chi connectivity index (χ1) is 11.9. The lowest BCUT2D eigenvalue weighted by atomic mass is 10.2. The van der Waals surface area contributed by atoms with Crippen LogP contribution in [0.25, 0.3) is 6.08 Å². The van der Waals surface area contributed by atoms with E-state index in [2.05, 4.69) is 0 Å². The monoisotopic (exact) mass is 368 g/mol. The SMILES string of the molecule is CCN(CC)C(=O)CN(C)C(=O)/C=C/c1cc(Cl)c(OC)c(OC)c1. The van der Waals surface area contributed by atoms with Crippen LogP contribution in [0.4, 0.5) is 0 Å². The molecule has 0 aromatic heterocycles. The van der Waals surface area contributed by atoms with E-state index < -0.39 is 0 Å². The van der Waals surface area contributed by atoms with Gasteiger partial charge < -0.3 is 19.3 Å². The van der Waals surface area contributed by atoms with Gasteiger partial charge in [-0.25, -0.2) is 0 Å². The maximum absolute atomic E-state index is 12.2. The van der Waals surface area contributed by atoms with Crippen LogP contribution in [0, 0.1) is 0 Å². The highest BCUT2D eigenvalue weighted by molar-refractivity contribution is 6.32. The van der Waals surface area contributed by atoms with Crippen LogP contribution >= 0.6 is 11.6 Å². The molecule has 0 atom stereocenters. The molecular formula is C18H25ClN2O4. The molecule has 1 aromatic rings. The number of halogens is 1. The molecule has 0 spiro atoms. The Labute approximate surface area is 153 Å². The van der Waals surface area contributed by atoms with Gasteiger partial charge in [-0.1, -0.05) is 11.6 Å². The van der Waals surface area contributed by atoms with Gasteiger partial charge in [0.2, 0.25) is 11.8 Å².